The highest BCUT2D eigenvalue weighted by atomic mass is 16.3. The fraction of sp³-hybridized carbons (Fsp3) is 0.0667. The van der Waals surface area contributed by atoms with Crippen molar-refractivity contribution in [1.82, 2.24) is 0 Å². The lowest BCUT2D eigenvalue weighted by Gasteiger charge is -2.12. The van der Waals surface area contributed by atoms with E-state index in [0.717, 1.165) is 17.4 Å². The maximum absolute atomic E-state index is 10.7. The minimum Gasteiger partial charge on any atom is -0.508 e. The predicted molar refractivity (Wildman–Crippen MR) is 67.1 cm³/mol. The van der Waals surface area contributed by atoms with Gasteiger partial charge in [0.2, 0.25) is 0 Å². The average Bonchev–Trinajstić information content (AvgIpc) is 2.39. The number of phenolic OH excluding ortho intramolecular Hbond substituents is 1. The SMILES string of the molecule is [CH2]C(c1ccc(O)cc1)c1cccc(C=O)c1. The molecule has 0 amide bonds. The standard InChI is InChI=1S/C15H13O2/c1-11(13-5-7-15(17)8-6-13)14-4-2-3-12(9-14)10-16/h2-11,17H,1H2. The highest BCUT2D eigenvalue weighted by Gasteiger charge is 2.08. The molecule has 17 heavy (non-hydrogen) atoms. The zero-order valence-electron chi connectivity index (χ0n) is 9.34. The van der Waals surface area contributed by atoms with Crippen molar-refractivity contribution in [2.75, 3.05) is 0 Å². The molecule has 2 heteroatoms. The van der Waals surface area contributed by atoms with Crippen LogP contribution in [-0.4, -0.2) is 11.4 Å². The number of rotatable bonds is 3. The van der Waals surface area contributed by atoms with Crippen LogP contribution in [0.2, 0.25) is 0 Å². The zero-order chi connectivity index (χ0) is 12.3. The summed E-state index contributed by atoms with van der Waals surface area (Å²) in [5, 5.41) is 9.22. The molecular weight excluding hydrogens is 212 g/mol. The fourth-order valence-electron chi connectivity index (χ4n) is 1.75. The average molecular weight is 225 g/mol. The number of carbonyl (C=O) groups excluding carboxylic acids is 1. The van der Waals surface area contributed by atoms with Gasteiger partial charge in [0, 0.05) is 11.5 Å². The molecule has 2 aromatic carbocycles. The molecule has 1 atom stereocenters. The van der Waals surface area contributed by atoms with Gasteiger partial charge in [-0.05, 0) is 36.2 Å². The van der Waals surface area contributed by atoms with Gasteiger partial charge in [-0.1, -0.05) is 30.3 Å². The second-order valence-electron chi connectivity index (χ2n) is 3.93. The Morgan fingerprint density at radius 1 is 1.06 bits per heavy atom. The van der Waals surface area contributed by atoms with Gasteiger partial charge in [-0.3, -0.25) is 4.79 Å². The van der Waals surface area contributed by atoms with Crippen LogP contribution in [0, 0.1) is 6.92 Å². The number of hydrogen-bond acceptors (Lipinski definition) is 2. The zero-order valence-corrected chi connectivity index (χ0v) is 9.34. The van der Waals surface area contributed by atoms with Crippen LogP contribution < -0.4 is 0 Å². The van der Waals surface area contributed by atoms with Crippen molar-refractivity contribution in [2.45, 2.75) is 5.92 Å². The van der Waals surface area contributed by atoms with E-state index < -0.39 is 0 Å². The largest absolute Gasteiger partial charge is 0.508 e. The summed E-state index contributed by atoms with van der Waals surface area (Å²) in [7, 11) is 0. The van der Waals surface area contributed by atoms with Gasteiger partial charge in [0.25, 0.3) is 0 Å². The first-order valence-corrected chi connectivity index (χ1v) is 5.38. The summed E-state index contributed by atoms with van der Waals surface area (Å²) in [6.07, 6.45) is 0.826. The molecule has 0 aliphatic carbocycles. The van der Waals surface area contributed by atoms with E-state index in [1.807, 2.05) is 30.3 Å². The van der Waals surface area contributed by atoms with Crippen molar-refractivity contribution < 1.29 is 9.90 Å². The third-order valence-electron chi connectivity index (χ3n) is 2.74. The van der Waals surface area contributed by atoms with E-state index in [1.165, 1.54) is 0 Å². The number of phenols is 1. The fourth-order valence-corrected chi connectivity index (χ4v) is 1.75. The third kappa shape index (κ3) is 2.53. The molecule has 0 saturated carbocycles. The molecule has 0 aliphatic heterocycles. The van der Waals surface area contributed by atoms with Gasteiger partial charge in [-0.15, -0.1) is 0 Å². The normalized spacial score (nSPS) is 12.1. The lowest BCUT2D eigenvalue weighted by atomic mass is 9.92. The molecule has 0 aliphatic rings. The van der Waals surface area contributed by atoms with Gasteiger partial charge >= 0.3 is 0 Å². The van der Waals surface area contributed by atoms with Gasteiger partial charge in [-0.25, -0.2) is 0 Å². The van der Waals surface area contributed by atoms with E-state index >= 15 is 0 Å². The van der Waals surface area contributed by atoms with Crippen LogP contribution in [0.5, 0.6) is 5.75 Å². The maximum Gasteiger partial charge on any atom is 0.150 e. The number of aldehydes is 1. The molecule has 0 bridgehead atoms. The van der Waals surface area contributed by atoms with E-state index in [0.29, 0.717) is 5.56 Å². The quantitative estimate of drug-likeness (QED) is 0.814. The molecule has 2 rings (SSSR count). The van der Waals surface area contributed by atoms with E-state index in [2.05, 4.69) is 6.92 Å². The lowest BCUT2D eigenvalue weighted by molar-refractivity contribution is 0.112. The molecule has 0 saturated heterocycles. The van der Waals surface area contributed by atoms with Crippen LogP contribution in [0.4, 0.5) is 0 Å². The molecule has 0 aromatic heterocycles. The first-order valence-electron chi connectivity index (χ1n) is 5.38. The summed E-state index contributed by atoms with van der Waals surface area (Å²) in [5.41, 5.74) is 2.64. The second kappa shape index (κ2) is 4.83. The van der Waals surface area contributed by atoms with Gasteiger partial charge in [0.15, 0.2) is 0 Å². The summed E-state index contributed by atoms with van der Waals surface area (Å²) in [4.78, 5) is 10.7. The Morgan fingerprint density at radius 3 is 2.41 bits per heavy atom. The molecule has 2 aromatic rings. The van der Waals surface area contributed by atoms with E-state index in [-0.39, 0.29) is 11.7 Å². The molecule has 0 fully saturated rings. The van der Waals surface area contributed by atoms with Gasteiger partial charge in [0.05, 0.1) is 0 Å². The Balaban J connectivity index is 2.32. The molecule has 0 spiro atoms. The Morgan fingerprint density at radius 2 is 1.76 bits per heavy atom. The Hall–Kier alpha value is -2.09. The van der Waals surface area contributed by atoms with Crippen LogP contribution in [-0.2, 0) is 0 Å². The van der Waals surface area contributed by atoms with Crippen LogP contribution in [0.3, 0.4) is 0 Å². The van der Waals surface area contributed by atoms with Crippen LogP contribution in [0.25, 0.3) is 0 Å². The summed E-state index contributed by atoms with van der Waals surface area (Å²) in [6.45, 7) is 4.09. The van der Waals surface area contributed by atoms with Crippen LogP contribution in [0.1, 0.15) is 27.4 Å². The number of hydrogen-bond donors (Lipinski definition) is 1. The first kappa shape index (κ1) is 11.4. The maximum atomic E-state index is 10.7. The number of carbonyl (C=O) groups is 1. The van der Waals surface area contributed by atoms with Gasteiger partial charge in [-0.2, -0.15) is 0 Å². The Bertz CT molecular complexity index is 515. The summed E-state index contributed by atoms with van der Waals surface area (Å²) < 4.78 is 0. The van der Waals surface area contributed by atoms with Crippen molar-refractivity contribution in [1.29, 1.82) is 0 Å². The van der Waals surface area contributed by atoms with Crippen molar-refractivity contribution in [3.05, 3.63) is 72.1 Å². The highest BCUT2D eigenvalue weighted by molar-refractivity contribution is 5.75. The lowest BCUT2D eigenvalue weighted by Crippen LogP contribution is -1.97. The smallest absolute Gasteiger partial charge is 0.150 e. The van der Waals surface area contributed by atoms with Crippen molar-refractivity contribution in [3.8, 4) is 5.75 Å². The molecule has 1 N–H and O–H groups in total. The Labute approximate surface area is 101 Å². The topological polar surface area (TPSA) is 37.3 Å². The van der Waals surface area contributed by atoms with E-state index in [1.54, 1.807) is 18.2 Å². The van der Waals surface area contributed by atoms with E-state index in [4.69, 9.17) is 0 Å². The minimum absolute atomic E-state index is 0.0458. The first-order chi connectivity index (χ1) is 8.20. The Kier molecular flexibility index (Phi) is 3.24. The number of aromatic hydroxyl groups is 1. The third-order valence-corrected chi connectivity index (χ3v) is 2.74. The van der Waals surface area contributed by atoms with Crippen LogP contribution in [0.15, 0.2) is 48.5 Å². The van der Waals surface area contributed by atoms with Crippen LogP contribution >= 0.6 is 0 Å². The molecular formula is C15H13O2. The molecule has 1 radical (unpaired) electrons. The number of benzene rings is 2. The van der Waals surface area contributed by atoms with E-state index in [9.17, 15) is 9.90 Å². The summed E-state index contributed by atoms with van der Waals surface area (Å²) in [5.74, 6) is 0.193. The summed E-state index contributed by atoms with van der Waals surface area (Å²) in [6, 6.07) is 14.3. The summed E-state index contributed by atoms with van der Waals surface area (Å²) >= 11 is 0. The molecule has 2 nitrogen and oxygen atoms in total. The minimum atomic E-state index is -0.0458. The second-order valence-corrected chi connectivity index (χ2v) is 3.93. The van der Waals surface area contributed by atoms with Crippen molar-refractivity contribution in [2.24, 2.45) is 0 Å². The van der Waals surface area contributed by atoms with Crippen molar-refractivity contribution in [3.63, 3.8) is 0 Å². The van der Waals surface area contributed by atoms with Crippen molar-refractivity contribution >= 4 is 6.29 Å². The monoisotopic (exact) mass is 225 g/mol. The molecule has 1 unspecified atom stereocenters. The molecule has 0 heterocycles. The van der Waals surface area contributed by atoms with Gasteiger partial charge in [0.1, 0.15) is 12.0 Å². The van der Waals surface area contributed by atoms with Gasteiger partial charge < -0.3 is 5.11 Å². The highest BCUT2D eigenvalue weighted by Crippen LogP contribution is 2.25. The predicted octanol–water partition coefficient (Wildman–Crippen LogP) is 3.17. The molecule has 85 valence electrons.